The summed E-state index contributed by atoms with van der Waals surface area (Å²) in [6.45, 7) is 9.42. The van der Waals surface area contributed by atoms with Crippen molar-refractivity contribution in [2.24, 2.45) is 0 Å². The van der Waals surface area contributed by atoms with Crippen LogP contribution in [-0.4, -0.2) is 62.1 Å². The fourth-order valence-electron chi connectivity index (χ4n) is 4.38. The minimum Gasteiger partial charge on any atom is -0.493 e. The summed E-state index contributed by atoms with van der Waals surface area (Å²) in [4.78, 5) is 34.6. The number of aromatic nitrogens is 1. The number of fused-ring (bicyclic) bond motifs is 1. The number of methoxy groups -OCH3 is 2. The molecule has 0 radical (unpaired) electrons. The van der Waals surface area contributed by atoms with E-state index in [0.29, 0.717) is 35.1 Å². The highest BCUT2D eigenvalue weighted by molar-refractivity contribution is 6.10. The first kappa shape index (κ1) is 25.0. The molecule has 1 fully saturated rings. The quantitative estimate of drug-likeness (QED) is 0.551. The Morgan fingerprint density at radius 2 is 1.89 bits per heavy atom. The van der Waals surface area contributed by atoms with Gasteiger partial charge in [0.05, 0.1) is 32.2 Å². The first-order chi connectivity index (χ1) is 17.5. The predicted octanol–water partition coefficient (Wildman–Crippen LogP) is 2.87. The molecule has 2 N–H and O–H groups in total. The Hall–Kier alpha value is -4.11. The van der Waals surface area contributed by atoms with Crippen LogP contribution in [0.5, 0.6) is 11.5 Å². The van der Waals surface area contributed by atoms with Crippen molar-refractivity contribution in [3.63, 3.8) is 0 Å². The molecule has 2 aliphatic heterocycles. The van der Waals surface area contributed by atoms with E-state index < -0.39 is 0 Å². The van der Waals surface area contributed by atoms with Crippen molar-refractivity contribution in [1.29, 1.82) is 0 Å². The molecule has 2 amide bonds. The van der Waals surface area contributed by atoms with E-state index in [9.17, 15) is 9.59 Å². The molecular weight excluding hydrogens is 458 g/mol. The van der Waals surface area contributed by atoms with Gasteiger partial charge in [-0.3, -0.25) is 14.5 Å². The Morgan fingerprint density at radius 1 is 1.17 bits per heavy atom. The lowest BCUT2D eigenvalue weighted by Crippen LogP contribution is -2.44. The molecule has 2 aliphatic rings. The molecule has 188 valence electrons. The smallest absolute Gasteiger partial charge is 0.274 e. The normalized spacial score (nSPS) is 16.0. The number of nitrogens with one attached hydrogen (secondary N) is 2. The molecule has 1 aromatic heterocycles. The summed E-state index contributed by atoms with van der Waals surface area (Å²) < 4.78 is 10.7. The van der Waals surface area contributed by atoms with Gasteiger partial charge in [-0.15, -0.1) is 0 Å². The zero-order valence-corrected chi connectivity index (χ0v) is 20.8. The molecule has 9 heteroatoms. The molecule has 0 spiro atoms. The van der Waals surface area contributed by atoms with Gasteiger partial charge in [-0.25, -0.2) is 4.98 Å². The maximum Gasteiger partial charge on any atom is 0.274 e. The van der Waals surface area contributed by atoms with E-state index in [1.54, 1.807) is 48.4 Å². The largest absolute Gasteiger partial charge is 0.493 e. The van der Waals surface area contributed by atoms with Crippen LogP contribution >= 0.6 is 0 Å². The number of piperazine rings is 1. The van der Waals surface area contributed by atoms with Crippen LogP contribution in [-0.2, 0) is 6.54 Å². The lowest BCUT2D eigenvalue weighted by atomic mass is 10.1. The number of hydrogen-bond acceptors (Lipinski definition) is 7. The zero-order valence-electron chi connectivity index (χ0n) is 20.8. The number of pyridine rings is 1. The molecule has 0 saturated carbocycles. The highest BCUT2D eigenvalue weighted by atomic mass is 16.5. The maximum absolute atomic E-state index is 13.2. The third-order valence-corrected chi connectivity index (χ3v) is 6.20. The average Bonchev–Trinajstić information content (AvgIpc) is 3.25. The van der Waals surface area contributed by atoms with Crippen molar-refractivity contribution in [1.82, 2.24) is 20.5 Å². The van der Waals surface area contributed by atoms with E-state index in [-0.39, 0.29) is 17.5 Å². The van der Waals surface area contributed by atoms with E-state index in [1.807, 2.05) is 19.1 Å². The molecule has 3 heterocycles. The maximum atomic E-state index is 13.2. The van der Waals surface area contributed by atoms with Crippen LogP contribution in [0.1, 0.15) is 33.3 Å². The van der Waals surface area contributed by atoms with Gasteiger partial charge in [0.2, 0.25) is 0 Å². The second-order valence-corrected chi connectivity index (χ2v) is 8.32. The van der Waals surface area contributed by atoms with Gasteiger partial charge in [-0.05, 0) is 42.8 Å². The van der Waals surface area contributed by atoms with Crippen LogP contribution in [0.15, 0.2) is 66.5 Å². The topological polar surface area (TPSA) is 96.0 Å². The number of amides is 2. The van der Waals surface area contributed by atoms with Crippen molar-refractivity contribution in [2.75, 3.05) is 45.3 Å². The standard InChI is InChI=1S/C27H31N5O4/c1-5-8-22(31-13-11-28-12-14-31)20(6-2)30-26(33)21-9-7-10-25(29-21)32-17-18-15-23(35-3)24(36-4)16-19(18)27(32)34/h5-10,15-16,28H,1,11-14,17H2,2-4H3,(H,30,33)/b20-6+,22-8+. The summed E-state index contributed by atoms with van der Waals surface area (Å²) in [5, 5.41) is 6.32. The number of carbonyl (C=O) groups excluding carboxylic acids is 2. The monoisotopic (exact) mass is 489 g/mol. The number of rotatable bonds is 8. The van der Waals surface area contributed by atoms with Gasteiger partial charge in [0.25, 0.3) is 11.8 Å². The average molecular weight is 490 g/mol. The van der Waals surface area contributed by atoms with Crippen molar-refractivity contribution >= 4 is 17.6 Å². The van der Waals surface area contributed by atoms with Gasteiger partial charge in [0.1, 0.15) is 11.5 Å². The third kappa shape index (κ3) is 4.96. The second kappa shape index (κ2) is 11.1. The minimum absolute atomic E-state index is 0.208. The summed E-state index contributed by atoms with van der Waals surface area (Å²) in [6.07, 6.45) is 5.47. The Morgan fingerprint density at radius 3 is 2.56 bits per heavy atom. The van der Waals surface area contributed by atoms with E-state index in [1.165, 1.54) is 7.11 Å². The Bertz CT molecular complexity index is 1230. The van der Waals surface area contributed by atoms with E-state index in [2.05, 4.69) is 27.1 Å². The molecular formula is C27H31N5O4. The molecule has 1 saturated heterocycles. The summed E-state index contributed by atoms with van der Waals surface area (Å²) >= 11 is 0. The van der Waals surface area contributed by atoms with Crippen molar-refractivity contribution < 1.29 is 19.1 Å². The number of benzene rings is 1. The van der Waals surface area contributed by atoms with E-state index in [4.69, 9.17) is 9.47 Å². The predicted molar refractivity (Wildman–Crippen MR) is 138 cm³/mol. The lowest BCUT2D eigenvalue weighted by Gasteiger charge is -2.32. The van der Waals surface area contributed by atoms with Gasteiger partial charge >= 0.3 is 0 Å². The van der Waals surface area contributed by atoms with Crippen LogP contribution in [0.25, 0.3) is 0 Å². The molecule has 0 bridgehead atoms. The number of hydrogen-bond donors (Lipinski definition) is 2. The molecule has 0 aliphatic carbocycles. The van der Waals surface area contributed by atoms with Crippen LogP contribution in [0, 0.1) is 0 Å². The highest BCUT2D eigenvalue weighted by Gasteiger charge is 2.31. The van der Waals surface area contributed by atoms with Crippen LogP contribution in [0.4, 0.5) is 5.82 Å². The molecule has 1 aromatic carbocycles. The Labute approximate surface area is 211 Å². The van der Waals surface area contributed by atoms with Gasteiger partial charge in [-0.2, -0.15) is 0 Å². The molecule has 4 rings (SSSR count). The molecule has 2 aromatic rings. The van der Waals surface area contributed by atoms with E-state index >= 15 is 0 Å². The third-order valence-electron chi connectivity index (χ3n) is 6.20. The zero-order chi connectivity index (χ0) is 25.7. The lowest BCUT2D eigenvalue weighted by molar-refractivity contribution is 0.0955. The second-order valence-electron chi connectivity index (χ2n) is 8.32. The summed E-state index contributed by atoms with van der Waals surface area (Å²) in [7, 11) is 3.08. The number of allylic oxidation sites excluding steroid dienone is 3. The fraction of sp³-hybridized carbons (Fsp3) is 0.296. The summed E-state index contributed by atoms with van der Waals surface area (Å²) in [5.74, 6) is 0.869. The number of ether oxygens (including phenoxy) is 2. The number of anilines is 1. The van der Waals surface area contributed by atoms with Gasteiger partial charge in [0.15, 0.2) is 11.5 Å². The van der Waals surface area contributed by atoms with Crippen LogP contribution < -0.4 is 25.0 Å². The minimum atomic E-state index is -0.359. The summed E-state index contributed by atoms with van der Waals surface area (Å²) in [5.41, 5.74) is 3.12. The first-order valence-electron chi connectivity index (χ1n) is 11.8. The molecule has 9 nitrogen and oxygen atoms in total. The van der Waals surface area contributed by atoms with Crippen molar-refractivity contribution in [3.8, 4) is 11.5 Å². The van der Waals surface area contributed by atoms with Gasteiger partial charge in [0, 0.05) is 31.7 Å². The summed E-state index contributed by atoms with van der Waals surface area (Å²) in [6, 6.07) is 8.54. The molecule has 0 unspecified atom stereocenters. The van der Waals surface area contributed by atoms with E-state index in [0.717, 1.165) is 37.4 Å². The Kier molecular flexibility index (Phi) is 7.70. The van der Waals surface area contributed by atoms with Crippen LogP contribution in [0.3, 0.4) is 0 Å². The highest BCUT2D eigenvalue weighted by Crippen LogP contribution is 2.36. The van der Waals surface area contributed by atoms with Crippen molar-refractivity contribution in [2.45, 2.75) is 13.5 Å². The number of nitrogens with zero attached hydrogens (tertiary/aromatic N) is 3. The fourth-order valence-corrected chi connectivity index (χ4v) is 4.38. The number of carbonyl (C=O) groups is 2. The van der Waals surface area contributed by atoms with Gasteiger partial charge in [-0.1, -0.05) is 24.8 Å². The van der Waals surface area contributed by atoms with Crippen molar-refractivity contribution in [3.05, 3.63) is 83.4 Å². The molecule has 36 heavy (non-hydrogen) atoms. The first-order valence-corrected chi connectivity index (χ1v) is 11.8. The SMILES string of the molecule is C=C/C=C(\C(=C/C)NC(=O)c1cccc(N2Cc3cc(OC)c(OC)cc3C2=O)n1)N1CCNCC1. The molecule has 0 atom stereocenters. The Balaban J connectivity index is 1.55. The van der Waals surface area contributed by atoms with Crippen LogP contribution in [0.2, 0.25) is 0 Å². The van der Waals surface area contributed by atoms with Gasteiger partial charge < -0.3 is 25.0 Å².